The van der Waals surface area contributed by atoms with Gasteiger partial charge >= 0.3 is 12.2 Å². The van der Waals surface area contributed by atoms with Crippen molar-refractivity contribution in [3.05, 3.63) is 77.4 Å². The quantitative estimate of drug-likeness (QED) is 0.283. The molecular weight excluding hydrogens is 559 g/mol. The molecule has 0 aliphatic carbocycles. The number of aromatic amines is 1. The van der Waals surface area contributed by atoms with Crippen LogP contribution in [0.5, 0.6) is 11.5 Å². The summed E-state index contributed by atoms with van der Waals surface area (Å²) in [7, 11) is 0. The van der Waals surface area contributed by atoms with Crippen LogP contribution in [0, 0.1) is 0 Å². The lowest BCUT2D eigenvalue weighted by Gasteiger charge is -2.35. The Morgan fingerprint density at radius 1 is 1.07 bits per heavy atom. The van der Waals surface area contributed by atoms with Crippen LogP contribution in [0.3, 0.4) is 0 Å². The van der Waals surface area contributed by atoms with Crippen molar-refractivity contribution in [2.75, 3.05) is 44.6 Å². The third-order valence-electron chi connectivity index (χ3n) is 8.37. The third-order valence-corrected chi connectivity index (χ3v) is 8.37. The van der Waals surface area contributed by atoms with Gasteiger partial charge in [0, 0.05) is 69.5 Å². The van der Waals surface area contributed by atoms with Crippen LogP contribution in [0.4, 0.5) is 23.7 Å². The summed E-state index contributed by atoms with van der Waals surface area (Å²) in [6.45, 7) is 8.62. The first kappa shape index (κ1) is 28.9. The van der Waals surface area contributed by atoms with Gasteiger partial charge in [0.25, 0.3) is 0 Å². The Labute approximate surface area is 247 Å². The first-order valence-electron chi connectivity index (χ1n) is 14.5. The van der Waals surface area contributed by atoms with Crippen LogP contribution in [0.15, 0.2) is 55.0 Å². The van der Waals surface area contributed by atoms with Gasteiger partial charge in [-0.15, -0.1) is 0 Å². The maximum atomic E-state index is 14.1. The van der Waals surface area contributed by atoms with Gasteiger partial charge < -0.3 is 24.8 Å². The van der Waals surface area contributed by atoms with Crippen molar-refractivity contribution in [3.63, 3.8) is 0 Å². The van der Waals surface area contributed by atoms with E-state index in [-0.39, 0.29) is 23.8 Å². The first-order chi connectivity index (χ1) is 20.7. The Hall–Kier alpha value is -4.16. The molecule has 1 saturated heterocycles. The smallest absolute Gasteiger partial charge is 0.416 e. The number of halogens is 3. The van der Waals surface area contributed by atoms with Gasteiger partial charge in [0.05, 0.1) is 23.2 Å². The number of nitrogens with zero attached hydrogens (tertiary/aromatic N) is 5. The predicted octanol–water partition coefficient (Wildman–Crippen LogP) is 6.06. The van der Waals surface area contributed by atoms with E-state index in [9.17, 15) is 18.0 Å². The number of aromatic nitrogens is 3. The number of ether oxygens (including phenoxy) is 1. The van der Waals surface area contributed by atoms with Gasteiger partial charge in [-0.2, -0.15) is 13.2 Å². The predicted molar refractivity (Wildman–Crippen MR) is 157 cm³/mol. The lowest BCUT2D eigenvalue weighted by atomic mass is 9.98. The molecule has 2 N–H and O–H groups in total. The van der Waals surface area contributed by atoms with Gasteiger partial charge in [0.2, 0.25) is 0 Å². The Bertz CT molecular complexity index is 1610. The minimum absolute atomic E-state index is 0.110. The van der Waals surface area contributed by atoms with Crippen molar-refractivity contribution in [3.8, 4) is 11.5 Å². The Morgan fingerprint density at radius 2 is 1.86 bits per heavy atom. The number of carbonyl (C=O) groups is 1. The SMILES string of the molecule is CCN1CCN(Cc2ccc(NC(=O)N3CCc4ncc(Oc5ccnc6[nH]ccc56)cc4[C@@H]3C)cc2C(F)(F)F)CC1. The molecule has 1 atom stereocenters. The Balaban J connectivity index is 1.16. The molecule has 43 heavy (non-hydrogen) atoms. The number of rotatable bonds is 6. The van der Waals surface area contributed by atoms with Crippen LogP contribution < -0.4 is 10.1 Å². The maximum Gasteiger partial charge on any atom is 0.416 e. The number of fused-ring (bicyclic) bond motifs is 2. The number of H-pyrrole nitrogens is 1. The number of nitrogens with one attached hydrogen (secondary N) is 2. The number of benzene rings is 1. The number of piperazine rings is 1. The summed E-state index contributed by atoms with van der Waals surface area (Å²) in [4.78, 5) is 31.2. The first-order valence-corrected chi connectivity index (χ1v) is 14.5. The van der Waals surface area contributed by atoms with E-state index >= 15 is 0 Å². The number of alkyl halides is 3. The maximum absolute atomic E-state index is 14.1. The fourth-order valence-corrected chi connectivity index (χ4v) is 5.89. The number of anilines is 1. The van der Waals surface area contributed by atoms with Gasteiger partial charge in [-0.25, -0.2) is 9.78 Å². The highest BCUT2D eigenvalue weighted by atomic mass is 19.4. The Morgan fingerprint density at radius 3 is 2.63 bits per heavy atom. The zero-order valence-corrected chi connectivity index (χ0v) is 24.1. The molecule has 1 aromatic carbocycles. The fraction of sp³-hybridized carbons (Fsp3) is 0.387. The molecule has 4 aromatic rings. The Kier molecular flexibility index (Phi) is 7.97. The van der Waals surface area contributed by atoms with E-state index in [1.807, 2.05) is 24.0 Å². The van der Waals surface area contributed by atoms with E-state index in [0.717, 1.165) is 55.4 Å². The molecule has 226 valence electrons. The molecule has 2 amide bonds. The summed E-state index contributed by atoms with van der Waals surface area (Å²) in [5, 5.41) is 3.54. The summed E-state index contributed by atoms with van der Waals surface area (Å²) >= 11 is 0. The lowest BCUT2D eigenvalue weighted by Crippen LogP contribution is -2.45. The van der Waals surface area contributed by atoms with Crippen LogP contribution in [-0.4, -0.2) is 75.0 Å². The molecule has 5 heterocycles. The molecule has 9 nitrogen and oxygen atoms in total. The minimum Gasteiger partial charge on any atom is -0.455 e. The summed E-state index contributed by atoms with van der Waals surface area (Å²) in [5.74, 6) is 1.14. The molecule has 3 aromatic heterocycles. The van der Waals surface area contributed by atoms with Crippen molar-refractivity contribution < 1.29 is 22.7 Å². The van der Waals surface area contributed by atoms with E-state index in [1.165, 1.54) is 6.07 Å². The number of carbonyl (C=O) groups excluding carboxylic acids is 1. The summed E-state index contributed by atoms with van der Waals surface area (Å²) in [5.41, 5.74) is 1.98. The van der Waals surface area contributed by atoms with Crippen LogP contribution >= 0.6 is 0 Å². The van der Waals surface area contributed by atoms with Crippen molar-refractivity contribution in [1.29, 1.82) is 0 Å². The van der Waals surface area contributed by atoms with Gasteiger partial charge in [-0.3, -0.25) is 9.88 Å². The number of hydrogen-bond donors (Lipinski definition) is 2. The highest BCUT2D eigenvalue weighted by Gasteiger charge is 2.35. The fourth-order valence-electron chi connectivity index (χ4n) is 5.89. The van der Waals surface area contributed by atoms with Crippen molar-refractivity contribution in [2.45, 2.75) is 39.0 Å². The largest absolute Gasteiger partial charge is 0.455 e. The highest BCUT2D eigenvalue weighted by molar-refractivity contribution is 5.90. The summed E-state index contributed by atoms with van der Waals surface area (Å²) in [6, 6.07) is 8.75. The number of amides is 2. The van der Waals surface area contributed by atoms with Gasteiger partial charge in [-0.05, 0) is 54.9 Å². The standard InChI is InChI=1S/C31H34F3N7O2/c1-3-39-12-14-40(15-13-39)19-21-4-5-22(16-26(21)31(32,33)34)38-30(42)41-11-8-27-25(20(41)2)17-23(18-37-27)43-28-7-10-36-29-24(28)6-9-35-29/h4-7,9-10,16-18,20H,3,8,11-15,19H2,1-2H3,(H,35,36)(H,38,42)/t20-/m0/s1. The van der Waals surface area contributed by atoms with E-state index in [1.54, 1.807) is 35.6 Å². The molecule has 0 radical (unpaired) electrons. The van der Waals surface area contributed by atoms with Crippen LogP contribution in [-0.2, 0) is 19.1 Å². The highest BCUT2D eigenvalue weighted by Crippen LogP contribution is 2.36. The van der Waals surface area contributed by atoms with E-state index < -0.39 is 17.8 Å². The van der Waals surface area contributed by atoms with Crippen molar-refractivity contribution >= 4 is 22.8 Å². The molecule has 2 aliphatic heterocycles. The summed E-state index contributed by atoms with van der Waals surface area (Å²) < 4.78 is 48.4. The average Bonchev–Trinajstić information content (AvgIpc) is 3.48. The number of likely N-dealkylation sites (N-methyl/N-ethyl adjacent to an activating group) is 1. The molecule has 0 spiro atoms. The van der Waals surface area contributed by atoms with Gasteiger partial charge in [0.15, 0.2) is 0 Å². The number of hydrogen-bond acceptors (Lipinski definition) is 6. The third kappa shape index (κ3) is 6.16. The van der Waals surface area contributed by atoms with E-state index in [0.29, 0.717) is 30.1 Å². The number of urea groups is 1. The van der Waals surface area contributed by atoms with Gasteiger partial charge in [0.1, 0.15) is 17.1 Å². The summed E-state index contributed by atoms with van der Waals surface area (Å²) in [6.07, 6.45) is 1.07. The monoisotopic (exact) mass is 593 g/mol. The molecule has 0 bridgehead atoms. The second-order valence-electron chi connectivity index (χ2n) is 11.0. The molecule has 12 heteroatoms. The van der Waals surface area contributed by atoms with Crippen LogP contribution in [0.25, 0.3) is 11.0 Å². The molecule has 6 rings (SSSR count). The second-order valence-corrected chi connectivity index (χ2v) is 11.0. The van der Waals surface area contributed by atoms with E-state index in [2.05, 4.69) is 32.1 Å². The van der Waals surface area contributed by atoms with Crippen LogP contribution in [0.1, 0.15) is 42.3 Å². The zero-order valence-electron chi connectivity index (χ0n) is 24.1. The normalized spacial score (nSPS) is 18.1. The molecule has 0 unspecified atom stereocenters. The average molecular weight is 594 g/mol. The van der Waals surface area contributed by atoms with E-state index in [4.69, 9.17) is 4.74 Å². The van der Waals surface area contributed by atoms with Crippen LogP contribution in [0.2, 0.25) is 0 Å². The molecule has 2 aliphatic rings. The topological polar surface area (TPSA) is 89.6 Å². The van der Waals surface area contributed by atoms with Crippen molar-refractivity contribution in [2.24, 2.45) is 0 Å². The molecule has 0 saturated carbocycles. The molecular formula is C31H34F3N7O2. The number of pyridine rings is 2. The van der Waals surface area contributed by atoms with Gasteiger partial charge in [-0.1, -0.05) is 13.0 Å². The van der Waals surface area contributed by atoms with Crippen molar-refractivity contribution in [1.82, 2.24) is 29.7 Å². The lowest BCUT2D eigenvalue weighted by molar-refractivity contribution is -0.138. The molecule has 1 fully saturated rings. The second kappa shape index (κ2) is 11.8. The minimum atomic E-state index is -4.54. The zero-order chi connectivity index (χ0) is 30.1.